The van der Waals surface area contributed by atoms with E-state index < -0.39 is 0 Å². The van der Waals surface area contributed by atoms with Gasteiger partial charge in [0.15, 0.2) is 11.5 Å². The van der Waals surface area contributed by atoms with Gasteiger partial charge in [0.25, 0.3) is 0 Å². The van der Waals surface area contributed by atoms with E-state index in [-0.39, 0.29) is 0 Å². The van der Waals surface area contributed by atoms with Crippen molar-refractivity contribution in [2.75, 3.05) is 32.1 Å². The zero-order chi connectivity index (χ0) is 11.4. The molecule has 0 spiro atoms. The SMILES string of the molecule is CCOc1ccc(NC2CNC2)cc1OC. The first-order valence-electron chi connectivity index (χ1n) is 5.61. The predicted octanol–water partition coefficient (Wildman–Crippen LogP) is 1.48. The number of ether oxygens (including phenoxy) is 2. The normalized spacial score (nSPS) is 15.4. The van der Waals surface area contributed by atoms with E-state index in [1.54, 1.807) is 7.11 Å². The van der Waals surface area contributed by atoms with Gasteiger partial charge in [-0.3, -0.25) is 0 Å². The molecule has 4 nitrogen and oxygen atoms in total. The second-order valence-corrected chi connectivity index (χ2v) is 3.80. The average molecular weight is 222 g/mol. The molecule has 16 heavy (non-hydrogen) atoms. The zero-order valence-electron chi connectivity index (χ0n) is 9.75. The standard InChI is InChI=1S/C12H18N2O2/c1-3-16-11-5-4-9(6-12(11)15-2)14-10-7-13-8-10/h4-6,10,13-14H,3,7-8H2,1-2H3. The van der Waals surface area contributed by atoms with Crippen molar-refractivity contribution in [3.05, 3.63) is 18.2 Å². The van der Waals surface area contributed by atoms with Crippen molar-refractivity contribution in [2.45, 2.75) is 13.0 Å². The topological polar surface area (TPSA) is 42.5 Å². The molecule has 0 aromatic heterocycles. The van der Waals surface area contributed by atoms with Gasteiger partial charge >= 0.3 is 0 Å². The minimum Gasteiger partial charge on any atom is -0.493 e. The number of hydrogen-bond acceptors (Lipinski definition) is 4. The van der Waals surface area contributed by atoms with Crippen LogP contribution in [0, 0.1) is 0 Å². The number of anilines is 1. The fraction of sp³-hybridized carbons (Fsp3) is 0.500. The molecule has 1 aliphatic heterocycles. The summed E-state index contributed by atoms with van der Waals surface area (Å²) in [5.74, 6) is 1.57. The van der Waals surface area contributed by atoms with Crippen LogP contribution in [0.3, 0.4) is 0 Å². The molecule has 0 radical (unpaired) electrons. The van der Waals surface area contributed by atoms with E-state index in [0.717, 1.165) is 30.3 Å². The Hall–Kier alpha value is -1.42. The molecule has 0 atom stereocenters. The Morgan fingerprint density at radius 2 is 2.19 bits per heavy atom. The maximum absolute atomic E-state index is 5.46. The van der Waals surface area contributed by atoms with Crippen molar-refractivity contribution < 1.29 is 9.47 Å². The van der Waals surface area contributed by atoms with Crippen LogP contribution in [0.25, 0.3) is 0 Å². The van der Waals surface area contributed by atoms with Gasteiger partial charge in [-0.25, -0.2) is 0 Å². The van der Waals surface area contributed by atoms with Crippen LogP contribution in [-0.2, 0) is 0 Å². The quantitative estimate of drug-likeness (QED) is 0.792. The average Bonchev–Trinajstić information content (AvgIpc) is 2.25. The smallest absolute Gasteiger partial charge is 0.162 e. The first-order chi connectivity index (χ1) is 7.83. The van der Waals surface area contributed by atoms with Gasteiger partial charge in [0, 0.05) is 24.8 Å². The van der Waals surface area contributed by atoms with Crippen LogP contribution in [0.15, 0.2) is 18.2 Å². The van der Waals surface area contributed by atoms with E-state index >= 15 is 0 Å². The molecular weight excluding hydrogens is 204 g/mol. The zero-order valence-corrected chi connectivity index (χ0v) is 9.75. The summed E-state index contributed by atoms with van der Waals surface area (Å²) in [5, 5.41) is 6.65. The highest BCUT2D eigenvalue weighted by Crippen LogP contribution is 2.30. The monoisotopic (exact) mass is 222 g/mol. The Bertz CT molecular complexity index is 351. The molecule has 0 amide bonds. The molecule has 1 aromatic carbocycles. The second-order valence-electron chi connectivity index (χ2n) is 3.80. The molecule has 4 heteroatoms. The summed E-state index contributed by atoms with van der Waals surface area (Å²) in [6.07, 6.45) is 0. The van der Waals surface area contributed by atoms with E-state index in [2.05, 4.69) is 10.6 Å². The third-order valence-electron chi connectivity index (χ3n) is 2.62. The van der Waals surface area contributed by atoms with Gasteiger partial charge in [0.1, 0.15) is 0 Å². The van der Waals surface area contributed by atoms with Crippen LogP contribution < -0.4 is 20.1 Å². The number of nitrogens with one attached hydrogen (secondary N) is 2. The molecular formula is C12H18N2O2. The molecule has 1 fully saturated rings. The van der Waals surface area contributed by atoms with Gasteiger partial charge < -0.3 is 20.1 Å². The van der Waals surface area contributed by atoms with Gasteiger partial charge in [-0.15, -0.1) is 0 Å². The minimum absolute atomic E-state index is 0.530. The molecule has 2 N–H and O–H groups in total. The lowest BCUT2D eigenvalue weighted by Gasteiger charge is -2.29. The Kier molecular flexibility index (Phi) is 3.51. The van der Waals surface area contributed by atoms with Crippen LogP contribution in [-0.4, -0.2) is 32.8 Å². The second kappa shape index (κ2) is 5.07. The van der Waals surface area contributed by atoms with E-state index in [9.17, 15) is 0 Å². The molecule has 0 aliphatic carbocycles. The van der Waals surface area contributed by atoms with Crippen molar-refractivity contribution in [2.24, 2.45) is 0 Å². The fourth-order valence-corrected chi connectivity index (χ4v) is 1.66. The van der Waals surface area contributed by atoms with Gasteiger partial charge in [-0.05, 0) is 19.1 Å². The Balaban J connectivity index is 2.08. The fourth-order valence-electron chi connectivity index (χ4n) is 1.66. The first kappa shape index (κ1) is 11.1. The molecule has 0 bridgehead atoms. The maximum atomic E-state index is 5.46. The minimum atomic E-state index is 0.530. The third-order valence-corrected chi connectivity index (χ3v) is 2.62. The molecule has 2 rings (SSSR count). The number of methoxy groups -OCH3 is 1. The van der Waals surface area contributed by atoms with Crippen LogP contribution in [0.2, 0.25) is 0 Å². The highest BCUT2D eigenvalue weighted by Gasteiger charge is 2.16. The Morgan fingerprint density at radius 3 is 2.75 bits per heavy atom. The van der Waals surface area contributed by atoms with Crippen molar-refractivity contribution >= 4 is 5.69 Å². The summed E-state index contributed by atoms with van der Waals surface area (Å²) in [6, 6.07) is 6.47. The highest BCUT2D eigenvalue weighted by atomic mass is 16.5. The lowest BCUT2D eigenvalue weighted by atomic mass is 10.1. The van der Waals surface area contributed by atoms with Crippen molar-refractivity contribution in [1.29, 1.82) is 0 Å². The van der Waals surface area contributed by atoms with Gasteiger partial charge in [-0.2, -0.15) is 0 Å². The summed E-state index contributed by atoms with van der Waals surface area (Å²) < 4.78 is 10.8. The molecule has 1 saturated heterocycles. The number of rotatable bonds is 5. The third kappa shape index (κ3) is 2.39. The van der Waals surface area contributed by atoms with Crippen molar-refractivity contribution in [3.63, 3.8) is 0 Å². The van der Waals surface area contributed by atoms with Crippen LogP contribution >= 0.6 is 0 Å². The van der Waals surface area contributed by atoms with E-state index in [1.165, 1.54) is 0 Å². The molecule has 88 valence electrons. The summed E-state index contributed by atoms with van der Waals surface area (Å²) in [6.45, 7) is 4.66. The summed E-state index contributed by atoms with van der Waals surface area (Å²) in [4.78, 5) is 0. The predicted molar refractivity (Wildman–Crippen MR) is 64.4 cm³/mol. The van der Waals surface area contributed by atoms with Gasteiger partial charge in [-0.1, -0.05) is 0 Å². The van der Waals surface area contributed by atoms with Gasteiger partial charge in [0.2, 0.25) is 0 Å². The summed E-state index contributed by atoms with van der Waals surface area (Å²) >= 11 is 0. The molecule has 0 saturated carbocycles. The Morgan fingerprint density at radius 1 is 1.38 bits per heavy atom. The Labute approximate surface area is 95.9 Å². The van der Waals surface area contributed by atoms with Crippen molar-refractivity contribution in [3.8, 4) is 11.5 Å². The highest BCUT2D eigenvalue weighted by molar-refractivity contribution is 5.55. The van der Waals surface area contributed by atoms with Crippen LogP contribution in [0.4, 0.5) is 5.69 Å². The molecule has 0 unspecified atom stereocenters. The lowest BCUT2D eigenvalue weighted by Crippen LogP contribution is -2.51. The number of hydrogen-bond donors (Lipinski definition) is 2. The summed E-state index contributed by atoms with van der Waals surface area (Å²) in [7, 11) is 1.66. The van der Waals surface area contributed by atoms with Crippen LogP contribution in [0.5, 0.6) is 11.5 Å². The summed E-state index contributed by atoms with van der Waals surface area (Å²) in [5.41, 5.74) is 1.08. The maximum Gasteiger partial charge on any atom is 0.162 e. The number of benzene rings is 1. The lowest BCUT2D eigenvalue weighted by molar-refractivity contribution is 0.311. The van der Waals surface area contributed by atoms with Crippen molar-refractivity contribution in [1.82, 2.24) is 5.32 Å². The van der Waals surface area contributed by atoms with Gasteiger partial charge in [0.05, 0.1) is 19.8 Å². The molecule has 1 heterocycles. The van der Waals surface area contributed by atoms with E-state index in [4.69, 9.17) is 9.47 Å². The van der Waals surface area contributed by atoms with E-state index in [1.807, 2.05) is 25.1 Å². The first-order valence-corrected chi connectivity index (χ1v) is 5.61. The van der Waals surface area contributed by atoms with E-state index in [0.29, 0.717) is 12.6 Å². The molecule has 1 aliphatic rings. The van der Waals surface area contributed by atoms with Crippen LogP contribution in [0.1, 0.15) is 6.92 Å². The largest absolute Gasteiger partial charge is 0.493 e. The molecule has 1 aromatic rings.